The van der Waals surface area contributed by atoms with Crippen LogP contribution in [0, 0.1) is 11.8 Å². The van der Waals surface area contributed by atoms with Crippen LogP contribution >= 0.6 is 22.7 Å². The molecule has 4 aromatic carbocycles. The average Bonchev–Trinajstić information content (AvgIpc) is 3.89. The number of allylic oxidation sites excluding steroid dienone is 4. The lowest BCUT2D eigenvalue weighted by atomic mass is 9.38. The number of rotatable bonds is 21. The van der Waals surface area contributed by atoms with E-state index in [1.165, 1.54) is 113 Å². The Kier molecular flexibility index (Phi) is 16.5. The van der Waals surface area contributed by atoms with E-state index < -0.39 is 0 Å². The summed E-state index contributed by atoms with van der Waals surface area (Å²) in [5.41, 5.74) is 11.7. The number of thiophene rings is 2. The molecule has 0 saturated heterocycles. The Balaban J connectivity index is 1.42. The normalized spacial score (nSPS) is 16.2. The third-order valence-electron chi connectivity index (χ3n) is 15.2. The minimum absolute atomic E-state index is 0.0108. The van der Waals surface area contributed by atoms with Crippen molar-refractivity contribution in [1.82, 2.24) is 5.32 Å². The molecule has 6 aromatic rings. The van der Waals surface area contributed by atoms with Crippen molar-refractivity contribution in [3.63, 3.8) is 0 Å². The first kappa shape index (κ1) is 52.3. The van der Waals surface area contributed by atoms with Crippen LogP contribution in [0.25, 0.3) is 30.3 Å². The molecule has 0 bridgehead atoms. The fraction of sp³-hybridized carbons (Fsp3) is 0.438. The van der Waals surface area contributed by atoms with Gasteiger partial charge in [0.2, 0.25) is 0 Å². The summed E-state index contributed by atoms with van der Waals surface area (Å²) in [6.45, 7) is 39.3. The molecule has 2 atom stereocenters. The quantitative estimate of drug-likeness (QED) is 0.0427. The fourth-order valence-electron chi connectivity index (χ4n) is 10.4. The van der Waals surface area contributed by atoms with Crippen molar-refractivity contribution < 1.29 is 0 Å². The molecule has 69 heavy (non-hydrogen) atoms. The Bertz CT molecular complexity index is 2800. The third kappa shape index (κ3) is 12.3. The monoisotopic (exact) mass is 955 g/mol. The van der Waals surface area contributed by atoms with Crippen LogP contribution in [0.3, 0.4) is 0 Å². The number of fused-ring (bicyclic) bond motifs is 5. The fourth-order valence-corrected chi connectivity index (χ4v) is 12.8. The predicted octanol–water partition coefficient (Wildman–Crippen LogP) is 18.0. The van der Waals surface area contributed by atoms with Gasteiger partial charge in [0, 0.05) is 42.3 Å². The molecule has 7 rings (SSSR count). The van der Waals surface area contributed by atoms with E-state index in [1.54, 1.807) is 0 Å². The molecule has 0 amide bonds. The van der Waals surface area contributed by atoms with Crippen molar-refractivity contribution in [3.8, 4) is 0 Å². The van der Waals surface area contributed by atoms with Gasteiger partial charge in [0.25, 0.3) is 6.71 Å². The molecule has 0 spiro atoms. The second-order valence-corrected chi connectivity index (χ2v) is 25.6. The zero-order valence-electron chi connectivity index (χ0n) is 44.7. The molecule has 364 valence electrons. The molecule has 2 nitrogen and oxygen atoms in total. The van der Waals surface area contributed by atoms with Crippen LogP contribution in [0.15, 0.2) is 139 Å². The van der Waals surface area contributed by atoms with Crippen LogP contribution in [-0.2, 0) is 16.2 Å². The second kappa shape index (κ2) is 21.8. The molecule has 0 saturated carbocycles. The maximum Gasteiger partial charge on any atom is 0.258 e. The summed E-state index contributed by atoms with van der Waals surface area (Å²) < 4.78 is 5.34. The summed E-state index contributed by atoms with van der Waals surface area (Å²) in [5.74, 6) is 1.72. The summed E-state index contributed by atoms with van der Waals surface area (Å²) in [5, 5.41) is 12.0. The lowest BCUT2D eigenvalue weighted by molar-refractivity contribution is 0.332. The standard InChI is InChI=1S/C64H83BN2S2/c1-16-18-32-62(10,11)48-25-28-51(29-26-48)66-41-56(57(35-43(5)6)67-50(17-2)21-19-20-45(9)23-22-42(3)4)65(49-27-30-52-53-36-46(44(7)8)24-31-58(53)68-60(52)39-49)61-38-47-37-54-55(40-59(47)69-61)64(14,15)34-33-63(54,12)13/h17,19-20,24-31,35-42,44-45,50,66-67H,2,5,16,18,21-23,32-34H2,1,3-4,6-15H3/b20-19+,56-41-,57-35+. The van der Waals surface area contributed by atoms with Crippen molar-refractivity contribution >= 4 is 75.6 Å². The maximum absolute atomic E-state index is 4.50. The molecule has 2 heterocycles. The Labute approximate surface area is 426 Å². The van der Waals surface area contributed by atoms with Crippen LogP contribution in [0.4, 0.5) is 5.69 Å². The van der Waals surface area contributed by atoms with Crippen LogP contribution in [0.5, 0.6) is 0 Å². The molecular weight excluding hydrogens is 872 g/mol. The molecule has 2 unspecified atom stereocenters. The summed E-state index contributed by atoms with van der Waals surface area (Å²) >= 11 is 3.87. The average molecular weight is 955 g/mol. The maximum atomic E-state index is 4.50. The molecule has 5 heteroatoms. The molecule has 2 N–H and O–H groups in total. The van der Waals surface area contributed by atoms with Crippen molar-refractivity contribution in [1.29, 1.82) is 0 Å². The van der Waals surface area contributed by atoms with E-state index in [0.29, 0.717) is 17.8 Å². The van der Waals surface area contributed by atoms with Gasteiger partial charge in [-0.3, -0.25) is 0 Å². The molecule has 2 aromatic heterocycles. The molecule has 0 radical (unpaired) electrons. The first-order chi connectivity index (χ1) is 32.7. The lowest BCUT2D eigenvalue weighted by Gasteiger charge is -2.41. The van der Waals surface area contributed by atoms with Gasteiger partial charge in [-0.25, -0.2) is 0 Å². The van der Waals surface area contributed by atoms with Crippen LogP contribution in [0.2, 0.25) is 0 Å². The van der Waals surface area contributed by atoms with Gasteiger partial charge in [0.05, 0.1) is 0 Å². The number of anilines is 1. The van der Waals surface area contributed by atoms with E-state index in [-0.39, 0.29) is 29.0 Å². The smallest absolute Gasteiger partial charge is 0.258 e. The van der Waals surface area contributed by atoms with Crippen LogP contribution in [-0.4, -0.2) is 12.8 Å². The Morgan fingerprint density at radius 2 is 1.52 bits per heavy atom. The van der Waals surface area contributed by atoms with E-state index in [4.69, 9.17) is 0 Å². The second-order valence-electron chi connectivity index (χ2n) is 23.4. The molecular formula is C64H83BN2S2. The van der Waals surface area contributed by atoms with Crippen molar-refractivity contribution in [2.45, 2.75) is 170 Å². The van der Waals surface area contributed by atoms with E-state index in [2.05, 4.69) is 223 Å². The highest BCUT2D eigenvalue weighted by molar-refractivity contribution is 7.31. The van der Waals surface area contributed by atoms with E-state index in [9.17, 15) is 0 Å². The molecule has 0 aliphatic heterocycles. The van der Waals surface area contributed by atoms with Gasteiger partial charge in [0.15, 0.2) is 0 Å². The topological polar surface area (TPSA) is 24.1 Å². The number of nitrogens with one attached hydrogen (secondary N) is 2. The molecule has 1 aliphatic rings. The lowest BCUT2D eigenvalue weighted by Crippen LogP contribution is -2.45. The summed E-state index contributed by atoms with van der Waals surface area (Å²) in [6.07, 6.45) is 20.7. The van der Waals surface area contributed by atoms with Gasteiger partial charge in [0.1, 0.15) is 0 Å². The summed E-state index contributed by atoms with van der Waals surface area (Å²) in [7, 11) is 0. The van der Waals surface area contributed by atoms with Crippen molar-refractivity contribution in [2.75, 3.05) is 5.32 Å². The van der Waals surface area contributed by atoms with Crippen molar-refractivity contribution in [3.05, 3.63) is 162 Å². The van der Waals surface area contributed by atoms with Gasteiger partial charge in [-0.2, -0.15) is 0 Å². The van der Waals surface area contributed by atoms with Crippen LogP contribution in [0.1, 0.15) is 170 Å². The Hall–Kier alpha value is -4.58. The van der Waals surface area contributed by atoms with Gasteiger partial charge < -0.3 is 10.6 Å². The highest BCUT2D eigenvalue weighted by Gasteiger charge is 2.38. The predicted molar refractivity (Wildman–Crippen MR) is 313 cm³/mol. The Morgan fingerprint density at radius 3 is 2.17 bits per heavy atom. The zero-order chi connectivity index (χ0) is 49.8. The van der Waals surface area contributed by atoms with Gasteiger partial charge in [-0.05, 0) is 172 Å². The summed E-state index contributed by atoms with van der Waals surface area (Å²) in [6, 6.07) is 31.2. The molecule has 0 fully saturated rings. The van der Waals surface area contributed by atoms with Gasteiger partial charge in [-0.15, -0.1) is 29.3 Å². The number of unbranched alkanes of at least 4 members (excludes halogenated alkanes) is 1. The zero-order valence-corrected chi connectivity index (χ0v) is 46.3. The Morgan fingerprint density at radius 1 is 0.812 bits per heavy atom. The van der Waals surface area contributed by atoms with Gasteiger partial charge in [-0.1, -0.05) is 169 Å². The van der Waals surface area contributed by atoms with E-state index in [1.807, 2.05) is 22.7 Å². The first-order valence-corrected chi connectivity index (χ1v) is 27.9. The minimum Gasteiger partial charge on any atom is -0.379 e. The van der Waals surface area contributed by atoms with Crippen molar-refractivity contribution in [2.24, 2.45) is 11.8 Å². The first-order valence-electron chi connectivity index (χ1n) is 26.2. The van der Waals surface area contributed by atoms with Crippen LogP contribution < -0.4 is 20.9 Å². The third-order valence-corrected chi connectivity index (χ3v) is 17.5. The minimum atomic E-state index is -0.101. The van der Waals surface area contributed by atoms with E-state index in [0.717, 1.165) is 23.4 Å². The SMILES string of the molecule is C=CC(C/C=C/C(C)CCC(C)C)NC(=C/C(=C)C)/C(=C/Nc1ccc(C(C)(C)CCCC)cc1)B(c1ccc2c(c1)sc1ccc(C(C)C)cc12)c1cc2cc3c(cc2s1)C(C)(C)CCC3(C)C. The number of hydrogen-bond donors (Lipinski definition) is 2. The summed E-state index contributed by atoms with van der Waals surface area (Å²) in [4.78, 5) is 0. The number of hydrogen-bond acceptors (Lipinski definition) is 4. The largest absolute Gasteiger partial charge is 0.379 e. The van der Waals surface area contributed by atoms with E-state index >= 15 is 0 Å². The van der Waals surface area contributed by atoms with Gasteiger partial charge >= 0.3 is 0 Å². The number of benzene rings is 4. The highest BCUT2D eigenvalue weighted by atomic mass is 32.1. The highest BCUT2D eigenvalue weighted by Crippen LogP contribution is 2.47. The molecule has 1 aliphatic carbocycles.